The lowest BCUT2D eigenvalue weighted by Gasteiger charge is -2.32. The largest absolute Gasteiger partial charge is 0.497 e. The minimum Gasteiger partial charge on any atom is -0.497 e. The highest BCUT2D eigenvalue weighted by Gasteiger charge is 2.32. The van der Waals surface area contributed by atoms with Gasteiger partial charge in [0, 0.05) is 37.3 Å². The van der Waals surface area contributed by atoms with E-state index in [0.29, 0.717) is 6.54 Å². The average molecular weight is 393 g/mol. The summed E-state index contributed by atoms with van der Waals surface area (Å²) in [6.45, 7) is 9.00. The second-order valence-electron chi connectivity index (χ2n) is 8.81. The Morgan fingerprint density at radius 3 is 2.61 bits per heavy atom. The SMILES string of the molecule is COc1ccc(OC[C@H](O)CN2CCC(O)CC2)c(CN2CCCC2(C)C)c1. The van der Waals surface area contributed by atoms with E-state index in [1.54, 1.807) is 7.11 Å². The van der Waals surface area contributed by atoms with E-state index in [1.807, 2.05) is 18.2 Å². The summed E-state index contributed by atoms with van der Waals surface area (Å²) in [5.41, 5.74) is 1.29. The van der Waals surface area contributed by atoms with Crippen molar-refractivity contribution in [2.24, 2.45) is 0 Å². The number of likely N-dealkylation sites (tertiary alicyclic amines) is 2. The van der Waals surface area contributed by atoms with Crippen molar-refractivity contribution < 1.29 is 19.7 Å². The van der Waals surface area contributed by atoms with Crippen LogP contribution in [-0.4, -0.2) is 77.7 Å². The average Bonchev–Trinajstić information content (AvgIpc) is 3.00. The first-order valence-corrected chi connectivity index (χ1v) is 10.5. The fourth-order valence-electron chi connectivity index (χ4n) is 4.25. The summed E-state index contributed by atoms with van der Waals surface area (Å²) in [5, 5.41) is 20.0. The zero-order chi connectivity index (χ0) is 20.1. The number of hydrogen-bond acceptors (Lipinski definition) is 6. The van der Waals surface area contributed by atoms with E-state index in [1.165, 1.54) is 12.8 Å². The molecule has 0 bridgehead atoms. The molecule has 2 saturated heterocycles. The van der Waals surface area contributed by atoms with Gasteiger partial charge in [0.1, 0.15) is 24.2 Å². The summed E-state index contributed by atoms with van der Waals surface area (Å²) >= 11 is 0. The molecule has 0 spiro atoms. The summed E-state index contributed by atoms with van der Waals surface area (Å²) in [6, 6.07) is 5.90. The number of nitrogens with zero attached hydrogens (tertiary/aromatic N) is 2. The number of benzene rings is 1. The Bertz CT molecular complexity index is 629. The van der Waals surface area contributed by atoms with Gasteiger partial charge >= 0.3 is 0 Å². The molecule has 0 saturated carbocycles. The number of hydrogen-bond donors (Lipinski definition) is 2. The summed E-state index contributed by atoms with van der Waals surface area (Å²) in [6.07, 6.45) is 3.24. The van der Waals surface area contributed by atoms with Crippen LogP contribution < -0.4 is 9.47 Å². The number of rotatable bonds is 8. The number of piperidine rings is 1. The molecule has 2 fully saturated rings. The minimum atomic E-state index is -0.548. The predicted molar refractivity (Wildman–Crippen MR) is 110 cm³/mol. The Hall–Kier alpha value is -1.34. The molecule has 158 valence electrons. The van der Waals surface area contributed by atoms with Crippen LogP contribution in [0.1, 0.15) is 45.1 Å². The Kier molecular flexibility index (Phi) is 7.20. The minimum absolute atomic E-state index is 0.193. The van der Waals surface area contributed by atoms with Crippen LogP contribution in [0.2, 0.25) is 0 Å². The normalized spacial score (nSPS) is 22.3. The molecule has 2 N–H and O–H groups in total. The zero-order valence-corrected chi connectivity index (χ0v) is 17.6. The first kappa shape index (κ1) is 21.4. The van der Waals surface area contributed by atoms with Crippen molar-refractivity contribution >= 4 is 0 Å². The van der Waals surface area contributed by atoms with E-state index in [-0.39, 0.29) is 18.2 Å². The molecule has 0 amide bonds. The topological polar surface area (TPSA) is 65.4 Å². The zero-order valence-electron chi connectivity index (χ0n) is 17.6. The van der Waals surface area contributed by atoms with E-state index >= 15 is 0 Å². The van der Waals surface area contributed by atoms with Gasteiger partial charge in [0.2, 0.25) is 0 Å². The van der Waals surface area contributed by atoms with Gasteiger partial charge < -0.3 is 24.6 Å². The van der Waals surface area contributed by atoms with Gasteiger partial charge in [-0.2, -0.15) is 0 Å². The molecule has 6 nitrogen and oxygen atoms in total. The Morgan fingerprint density at radius 2 is 1.96 bits per heavy atom. The van der Waals surface area contributed by atoms with E-state index in [9.17, 15) is 10.2 Å². The fourth-order valence-corrected chi connectivity index (χ4v) is 4.25. The molecule has 0 radical (unpaired) electrons. The van der Waals surface area contributed by atoms with Crippen LogP contribution >= 0.6 is 0 Å². The number of β-amino-alcohol motifs (C(OH)–C–C–N with tert-alkyl or cyclic N) is 1. The maximum atomic E-state index is 10.4. The van der Waals surface area contributed by atoms with Crippen LogP contribution in [0.15, 0.2) is 18.2 Å². The fraction of sp³-hybridized carbons (Fsp3) is 0.727. The summed E-state index contributed by atoms with van der Waals surface area (Å²) in [5.74, 6) is 1.64. The van der Waals surface area contributed by atoms with Crippen molar-refractivity contribution in [1.29, 1.82) is 0 Å². The third kappa shape index (κ3) is 5.60. The molecule has 1 atom stereocenters. The lowest BCUT2D eigenvalue weighted by Crippen LogP contribution is -2.42. The lowest BCUT2D eigenvalue weighted by atomic mass is 10.0. The van der Waals surface area contributed by atoms with Gasteiger partial charge in [-0.1, -0.05) is 0 Å². The van der Waals surface area contributed by atoms with Gasteiger partial charge in [0.05, 0.1) is 13.2 Å². The van der Waals surface area contributed by atoms with Crippen LogP contribution in [0.4, 0.5) is 0 Å². The molecule has 0 aromatic heterocycles. The van der Waals surface area contributed by atoms with Gasteiger partial charge in [-0.25, -0.2) is 0 Å². The number of aliphatic hydroxyl groups is 2. The highest BCUT2D eigenvalue weighted by atomic mass is 16.5. The van der Waals surface area contributed by atoms with Crippen molar-refractivity contribution in [3.05, 3.63) is 23.8 Å². The maximum absolute atomic E-state index is 10.4. The smallest absolute Gasteiger partial charge is 0.124 e. The van der Waals surface area contributed by atoms with E-state index in [2.05, 4.69) is 23.6 Å². The molecule has 28 heavy (non-hydrogen) atoms. The molecule has 2 heterocycles. The molecule has 1 aromatic rings. The molecular formula is C22H36N2O4. The number of methoxy groups -OCH3 is 1. The molecule has 1 aromatic carbocycles. The van der Waals surface area contributed by atoms with Crippen LogP contribution in [-0.2, 0) is 6.54 Å². The van der Waals surface area contributed by atoms with E-state index in [4.69, 9.17) is 9.47 Å². The quantitative estimate of drug-likeness (QED) is 0.708. The van der Waals surface area contributed by atoms with Crippen LogP contribution in [0, 0.1) is 0 Å². The second kappa shape index (κ2) is 9.44. The monoisotopic (exact) mass is 392 g/mol. The first-order chi connectivity index (χ1) is 13.4. The van der Waals surface area contributed by atoms with Crippen LogP contribution in [0.25, 0.3) is 0 Å². The summed E-state index contributed by atoms with van der Waals surface area (Å²) in [7, 11) is 1.68. The van der Waals surface area contributed by atoms with E-state index in [0.717, 1.165) is 56.1 Å². The maximum Gasteiger partial charge on any atom is 0.124 e. The molecule has 2 aliphatic rings. The highest BCUT2D eigenvalue weighted by molar-refractivity contribution is 5.40. The van der Waals surface area contributed by atoms with Crippen LogP contribution in [0.5, 0.6) is 11.5 Å². The van der Waals surface area contributed by atoms with Gasteiger partial charge in [-0.3, -0.25) is 4.90 Å². The van der Waals surface area contributed by atoms with Crippen molar-refractivity contribution in [3.63, 3.8) is 0 Å². The summed E-state index contributed by atoms with van der Waals surface area (Å²) < 4.78 is 11.4. The second-order valence-corrected chi connectivity index (χ2v) is 8.81. The molecule has 0 aliphatic carbocycles. The van der Waals surface area contributed by atoms with Gasteiger partial charge in [0.25, 0.3) is 0 Å². The molecule has 2 aliphatic heterocycles. The van der Waals surface area contributed by atoms with Gasteiger partial charge in [-0.15, -0.1) is 0 Å². The van der Waals surface area contributed by atoms with Crippen LogP contribution in [0.3, 0.4) is 0 Å². The third-order valence-electron chi connectivity index (χ3n) is 6.16. The molecular weight excluding hydrogens is 356 g/mol. The Balaban J connectivity index is 1.59. The van der Waals surface area contributed by atoms with E-state index < -0.39 is 6.10 Å². The summed E-state index contributed by atoms with van der Waals surface area (Å²) in [4.78, 5) is 4.69. The predicted octanol–water partition coefficient (Wildman–Crippen LogP) is 2.27. The van der Waals surface area contributed by atoms with Gasteiger partial charge in [0.15, 0.2) is 0 Å². The molecule has 0 unspecified atom stereocenters. The molecule has 3 rings (SSSR count). The molecule has 6 heteroatoms. The standard InChI is InChI=1S/C22H36N2O4/c1-22(2)9-4-10-24(22)14-17-13-20(27-3)5-6-21(17)28-16-19(26)15-23-11-7-18(25)8-12-23/h5-6,13,18-19,25-26H,4,7-12,14-16H2,1-3H3/t19-/m1/s1. The number of ether oxygens (including phenoxy) is 2. The Morgan fingerprint density at radius 1 is 1.21 bits per heavy atom. The highest BCUT2D eigenvalue weighted by Crippen LogP contribution is 2.33. The van der Waals surface area contributed by atoms with Crippen molar-refractivity contribution in [3.8, 4) is 11.5 Å². The van der Waals surface area contributed by atoms with Gasteiger partial charge in [-0.05, 0) is 64.3 Å². The van der Waals surface area contributed by atoms with Crippen molar-refractivity contribution in [2.75, 3.05) is 39.9 Å². The third-order valence-corrected chi connectivity index (χ3v) is 6.16. The van der Waals surface area contributed by atoms with Crippen molar-refractivity contribution in [2.45, 2.75) is 63.8 Å². The van der Waals surface area contributed by atoms with Crippen molar-refractivity contribution in [1.82, 2.24) is 9.80 Å². The Labute approximate surface area is 169 Å². The lowest BCUT2D eigenvalue weighted by molar-refractivity contribution is 0.0334. The number of aliphatic hydroxyl groups excluding tert-OH is 2. The first-order valence-electron chi connectivity index (χ1n) is 10.5.